The van der Waals surface area contributed by atoms with Gasteiger partial charge in [0.1, 0.15) is 11.6 Å². The molecule has 2 nitrogen and oxygen atoms in total. The lowest BCUT2D eigenvalue weighted by Crippen LogP contribution is -2.13. The molecule has 0 fully saturated rings. The van der Waals surface area contributed by atoms with Crippen molar-refractivity contribution in [2.75, 3.05) is 0 Å². The molecule has 0 aliphatic rings. The van der Waals surface area contributed by atoms with Crippen LogP contribution in [0.4, 0.5) is 8.78 Å². The first-order valence-electron chi connectivity index (χ1n) is 5.20. The molecule has 2 rings (SSSR count). The number of hydrogen-bond donors (Lipinski definition) is 1. The van der Waals surface area contributed by atoms with E-state index in [4.69, 9.17) is 0 Å². The van der Waals surface area contributed by atoms with Crippen molar-refractivity contribution in [3.05, 3.63) is 51.5 Å². The molecule has 0 aliphatic heterocycles. The molecule has 0 bridgehead atoms. The maximum absolute atomic E-state index is 12.9. The SMILES string of the molecule is Cc1nc(CNCc2cc(F)cc(F)c2)cs1. The quantitative estimate of drug-likeness (QED) is 0.907. The van der Waals surface area contributed by atoms with Gasteiger partial charge in [-0.05, 0) is 24.6 Å². The Hall–Kier alpha value is -1.33. The van der Waals surface area contributed by atoms with Gasteiger partial charge in [0.25, 0.3) is 0 Å². The Balaban J connectivity index is 1.89. The first-order valence-corrected chi connectivity index (χ1v) is 6.08. The van der Waals surface area contributed by atoms with Crippen molar-refractivity contribution in [3.8, 4) is 0 Å². The minimum atomic E-state index is -0.550. The highest BCUT2D eigenvalue weighted by molar-refractivity contribution is 7.09. The highest BCUT2D eigenvalue weighted by atomic mass is 32.1. The van der Waals surface area contributed by atoms with E-state index >= 15 is 0 Å². The van der Waals surface area contributed by atoms with Crippen LogP contribution in [0.5, 0.6) is 0 Å². The van der Waals surface area contributed by atoms with Crippen molar-refractivity contribution in [1.29, 1.82) is 0 Å². The molecular weight excluding hydrogens is 242 g/mol. The first kappa shape index (κ1) is 12.1. The summed E-state index contributed by atoms with van der Waals surface area (Å²) in [6.07, 6.45) is 0. The molecule has 0 radical (unpaired) electrons. The molecule has 0 saturated heterocycles. The van der Waals surface area contributed by atoms with Gasteiger partial charge in [0.2, 0.25) is 0 Å². The van der Waals surface area contributed by atoms with Gasteiger partial charge >= 0.3 is 0 Å². The van der Waals surface area contributed by atoms with Gasteiger partial charge in [-0.1, -0.05) is 0 Å². The number of thiazole rings is 1. The van der Waals surface area contributed by atoms with Crippen molar-refractivity contribution in [2.24, 2.45) is 0 Å². The zero-order valence-electron chi connectivity index (χ0n) is 9.34. The first-order chi connectivity index (χ1) is 8.13. The second-order valence-electron chi connectivity index (χ2n) is 3.74. The molecule has 0 aliphatic carbocycles. The van der Waals surface area contributed by atoms with Crippen molar-refractivity contribution < 1.29 is 8.78 Å². The maximum atomic E-state index is 12.9. The fourth-order valence-electron chi connectivity index (χ4n) is 1.54. The third-order valence-corrected chi connectivity index (χ3v) is 3.05. The Labute approximate surface area is 102 Å². The average molecular weight is 254 g/mol. The van der Waals surface area contributed by atoms with Gasteiger partial charge < -0.3 is 5.32 Å². The molecule has 90 valence electrons. The lowest BCUT2D eigenvalue weighted by Gasteiger charge is -2.03. The van der Waals surface area contributed by atoms with Crippen LogP contribution in [0.1, 0.15) is 16.3 Å². The van der Waals surface area contributed by atoms with Gasteiger partial charge in [0.15, 0.2) is 0 Å². The number of nitrogens with one attached hydrogen (secondary N) is 1. The Kier molecular flexibility index (Phi) is 3.81. The van der Waals surface area contributed by atoms with Gasteiger partial charge in [-0.3, -0.25) is 0 Å². The van der Waals surface area contributed by atoms with Crippen LogP contribution in [0.25, 0.3) is 0 Å². The summed E-state index contributed by atoms with van der Waals surface area (Å²) in [5.41, 5.74) is 1.54. The predicted octanol–water partition coefficient (Wildman–Crippen LogP) is 3.02. The molecule has 1 heterocycles. The molecule has 1 N–H and O–H groups in total. The second-order valence-corrected chi connectivity index (χ2v) is 4.80. The molecule has 0 atom stereocenters. The number of aryl methyl sites for hydroxylation is 1. The molecule has 1 aromatic heterocycles. The summed E-state index contributed by atoms with van der Waals surface area (Å²) in [4.78, 5) is 4.28. The van der Waals surface area contributed by atoms with Crippen LogP contribution in [0.2, 0.25) is 0 Å². The number of halogens is 2. The van der Waals surface area contributed by atoms with Gasteiger partial charge in [0, 0.05) is 24.5 Å². The normalized spacial score (nSPS) is 10.8. The zero-order valence-corrected chi connectivity index (χ0v) is 10.2. The summed E-state index contributed by atoms with van der Waals surface area (Å²) in [6, 6.07) is 3.51. The summed E-state index contributed by atoms with van der Waals surface area (Å²) in [5.74, 6) is -1.10. The fourth-order valence-corrected chi connectivity index (χ4v) is 2.15. The van der Waals surface area contributed by atoms with Crippen molar-refractivity contribution in [3.63, 3.8) is 0 Å². The summed E-state index contributed by atoms with van der Waals surface area (Å²) in [5, 5.41) is 6.08. The molecule has 1 aromatic carbocycles. The fraction of sp³-hybridized carbons (Fsp3) is 0.250. The van der Waals surface area contributed by atoms with E-state index < -0.39 is 11.6 Å². The third kappa shape index (κ3) is 3.57. The monoisotopic (exact) mass is 254 g/mol. The van der Waals surface area contributed by atoms with Crippen LogP contribution in [-0.4, -0.2) is 4.98 Å². The van der Waals surface area contributed by atoms with E-state index in [1.807, 2.05) is 12.3 Å². The molecule has 5 heteroatoms. The van der Waals surface area contributed by atoms with Crippen LogP contribution in [0, 0.1) is 18.6 Å². The minimum Gasteiger partial charge on any atom is -0.307 e. The lowest BCUT2D eigenvalue weighted by atomic mass is 10.2. The van der Waals surface area contributed by atoms with Gasteiger partial charge in [-0.25, -0.2) is 13.8 Å². The van der Waals surface area contributed by atoms with Crippen LogP contribution in [0.15, 0.2) is 23.6 Å². The predicted molar refractivity (Wildman–Crippen MR) is 63.8 cm³/mol. The number of benzene rings is 1. The smallest absolute Gasteiger partial charge is 0.126 e. The topological polar surface area (TPSA) is 24.9 Å². The lowest BCUT2D eigenvalue weighted by molar-refractivity contribution is 0.574. The Bertz CT molecular complexity index is 491. The highest BCUT2D eigenvalue weighted by Gasteiger charge is 2.01. The van der Waals surface area contributed by atoms with Crippen molar-refractivity contribution in [2.45, 2.75) is 20.0 Å². The van der Waals surface area contributed by atoms with Gasteiger partial charge in [-0.2, -0.15) is 0 Å². The molecule has 0 spiro atoms. The largest absolute Gasteiger partial charge is 0.307 e. The Morgan fingerprint density at radius 1 is 1.18 bits per heavy atom. The summed E-state index contributed by atoms with van der Waals surface area (Å²) in [7, 11) is 0. The zero-order chi connectivity index (χ0) is 12.3. The maximum Gasteiger partial charge on any atom is 0.126 e. The molecular formula is C12H12F2N2S. The van der Waals surface area contributed by atoms with E-state index in [0.717, 1.165) is 16.8 Å². The van der Waals surface area contributed by atoms with E-state index in [2.05, 4.69) is 10.3 Å². The molecule has 0 unspecified atom stereocenters. The van der Waals surface area contributed by atoms with Gasteiger partial charge in [0.05, 0.1) is 10.7 Å². The minimum absolute atomic E-state index is 0.422. The van der Waals surface area contributed by atoms with Crippen molar-refractivity contribution in [1.82, 2.24) is 10.3 Å². The van der Waals surface area contributed by atoms with Crippen LogP contribution < -0.4 is 5.32 Å². The standard InChI is InChI=1S/C12H12F2N2S/c1-8-16-12(7-17-8)6-15-5-9-2-10(13)4-11(14)3-9/h2-4,7,15H,5-6H2,1H3. The molecule has 0 amide bonds. The Morgan fingerprint density at radius 3 is 2.47 bits per heavy atom. The van der Waals surface area contributed by atoms with Crippen molar-refractivity contribution >= 4 is 11.3 Å². The second kappa shape index (κ2) is 5.33. The molecule has 2 aromatic rings. The highest BCUT2D eigenvalue weighted by Crippen LogP contribution is 2.09. The van der Waals surface area contributed by atoms with Crippen LogP contribution >= 0.6 is 11.3 Å². The molecule has 17 heavy (non-hydrogen) atoms. The van der Waals surface area contributed by atoms with E-state index in [9.17, 15) is 8.78 Å². The number of rotatable bonds is 4. The summed E-state index contributed by atoms with van der Waals surface area (Å²) < 4.78 is 25.8. The van der Waals surface area contributed by atoms with E-state index in [1.54, 1.807) is 11.3 Å². The van der Waals surface area contributed by atoms with E-state index in [-0.39, 0.29) is 0 Å². The number of nitrogens with zero attached hydrogens (tertiary/aromatic N) is 1. The number of hydrogen-bond acceptors (Lipinski definition) is 3. The van der Waals surface area contributed by atoms with Crippen LogP contribution in [-0.2, 0) is 13.1 Å². The number of aromatic nitrogens is 1. The Morgan fingerprint density at radius 2 is 1.88 bits per heavy atom. The van der Waals surface area contributed by atoms with E-state index in [1.165, 1.54) is 12.1 Å². The third-order valence-electron chi connectivity index (χ3n) is 2.22. The van der Waals surface area contributed by atoms with Gasteiger partial charge in [-0.15, -0.1) is 11.3 Å². The summed E-state index contributed by atoms with van der Waals surface area (Å²) in [6.45, 7) is 2.96. The summed E-state index contributed by atoms with van der Waals surface area (Å²) >= 11 is 1.58. The molecule has 0 saturated carbocycles. The van der Waals surface area contributed by atoms with Crippen LogP contribution in [0.3, 0.4) is 0 Å². The van der Waals surface area contributed by atoms with E-state index in [0.29, 0.717) is 18.7 Å². The average Bonchev–Trinajstić information content (AvgIpc) is 2.63.